The summed E-state index contributed by atoms with van der Waals surface area (Å²) in [6.45, 7) is 7.42. The van der Waals surface area contributed by atoms with Gasteiger partial charge in [-0.25, -0.2) is 0 Å². The third-order valence-electron chi connectivity index (χ3n) is 9.94. The van der Waals surface area contributed by atoms with Crippen LogP contribution in [0.15, 0.2) is 122 Å². The molecule has 5 heteroatoms. The molecule has 0 bridgehead atoms. The molecule has 0 spiro atoms. The molecule has 0 aliphatic carbocycles. The highest BCUT2D eigenvalue weighted by molar-refractivity contribution is 5.70. The van der Waals surface area contributed by atoms with Gasteiger partial charge < -0.3 is 14.2 Å². The number of hydrogen-bond acceptors (Lipinski definition) is 5. The van der Waals surface area contributed by atoms with E-state index in [-0.39, 0.29) is 25.2 Å². The van der Waals surface area contributed by atoms with Crippen molar-refractivity contribution in [1.82, 2.24) is 0 Å². The summed E-state index contributed by atoms with van der Waals surface area (Å²) in [5.41, 5.74) is 0. The van der Waals surface area contributed by atoms with Crippen LogP contribution in [0.1, 0.15) is 201 Å². The maximum absolute atomic E-state index is 12.8. The summed E-state index contributed by atoms with van der Waals surface area (Å²) in [6.07, 6.45) is 72.1. The Hall–Kier alpha value is -3.70. The lowest BCUT2D eigenvalue weighted by atomic mass is 10.1. The highest BCUT2D eigenvalue weighted by Gasteiger charge is 2.17. The number of ether oxygens (including phenoxy) is 3. The summed E-state index contributed by atoms with van der Waals surface area (Å²) in [4.78, 5) is 25.4. The number of carbonyl (C=O) groups excluding carboxylic acids is 2. The Labute approximate surface area is 382 Å². The fourth-order valence-corrected chi connectivity index (χ4v) is 6.30. The van der Waals surface area contributed by atoms with Gasteiger partial charge in [-0.2, -0.15) is 0 Å². The van der Waals surface area contributed by atoms with Crippen LogP contribution in [0, 0.1) is 0 Å². The summed E-state index contributed by atoms with van der Waals surface area (Å²) >= 11 is 0. The van der Waals surface area contributed by atoms with Crippen molar-refractivity contribution < 1.29 is 23.8 Å². The maximum Gasteiger partial charge on any atom is 0.306 e. The van der Waals surface area contributed by atoms with Crippen molar-refractivity contribution in [2.45, 2.75) is 207 Å². The van der Waals surface area contributed by atoms with Gasteiger partial charge in [0.25, 0.3) is 0 Å². The molecule has 0 saturated carbocycles. The van der Waals surface area contributed by atoms with Crippen molar-refractivity contribution in [1.29, 1.82) is 0 Å². The van der Waals surface area contributed by atoms with Gasteiger partial charge in [-0.1, -0.05) is 194 Å². The first-order valence-electron chi connectivity index (χ1n) is 25.1. The van der Waals surface area contributed by atoms with Crippen LogP contribution in [0.25, 0.3) is 0 Å². The molecule has 0 rings (SSSR count). The molecular weight excluding hydrogens is 765 g/mol. The Morgan fingerprint density at radius 3 is 1.21 bits per heavy atom. The topological polar surface area (TPSA) is 61.8 Å². The lowest BCUT2D eigenvalue weighted by Crippen LogP contribution is -2.30. The highest BCUT2D eigenvalue weighted by atomic mass is 16.6. The van der Waals surface area contributed by atoms with Crippen molar-refractivity contribution in [2.24, 2.45) is 0 Å². The Bertz CT molecular complexity index is 1290. The summed E-state index contributed by atoms with van der Waals surface area (Å²) < 4.78 is 17.3. The van der Waals surface area contributed by atoms with E-state index < -0.39 is 6.10 Å². The molecule has 5 nitrogen and oxygen atoms in total. The molecule has 0 aliphatic heterocycles. The number of hydrogen-bond donors (Lipinski definition) is 0. The molecule has 0 saturated heterocycles. The normalized spacial score (nSPS) is 13.3. The van der Waals surface area contributed by atoms with Crippen molar-refractivity contribution in [3.8, 4) is 0 Å². The van der Waals surface area contributed by atoms with Crippen LogP contribution < -0.4 is 0 Å². The lowest BCUT2D eigenvalue weighted by Gasteiger charge is -2.18. The first kappa shape index (κ1) is 58.3. The van der Waals surface area contributed by atoms with E-state index in [1.54, 1.807) is 0 Å². The minimum absolute atomic E-state index is 0.0369. The van der Waals surface area contributed by atoms with Crippen molar-refractivity contribution in [3.63, 3.8) is 0 Å². The van der Waals surface area contributed by atoms with Crippen molar-refractivity contribution in [3.05, 3.63) is 122 Å². The van der Waals surface area contributed by atoms with Gasteiger partial charge in [0.15, 0.2) is 6.10 Å². The van der Waals surface area contributed by atoms with E-state index in [2.05, 4.69) is 142 Å². The van der Waals surface area contributed by atoms with E-state index in [1.807, 2.05) is 0 Å². The highest BCUT2D eigenvalue weighted by Crippen LogP contribution is 2.12. The largest absolute Gasteiger partial charge is 0.462 e. The SMILES string of the molecule is CC/C=C\C/C=C\C/C=C\C/C=C\C/C=C\CCCC(=O)OCC(COCCCCCCCC/C=C\C/C=C\C/C=C\CC)OC(=O)CCCCCCC/C=C\C/C=C\CCC. The van der Waals surface area contributed by atoms with Gasteiger partial charge in [0.1, 0.15) is 6.61 Å². The fraction of sp³-hybridized carbons (Fsp3) is 0.614. The van der Waals surface area contributed by atoms with Crippen LogP contribution in [0.5, 0.6) is 0 Å². The summed E-state index contributed by atoms with van der Waals surface area (Å²) in [5, 5.41) is 0. The summed E-state index contributed by atoms with van der Waals surface area (Å²) in [7, 11) is 0. The zero-order chi connectivity index (χ0) is 44.9. The van der Waals surface area contributed by atoms with Gasteiger partial charge in [0.2, 0.25) is 0 Å². The predicted molar refractivity (Wildman–Crippen MR) is 269 cm³/mol. The van der Waals surface area contributed by atoms with Gasteiger partial charge in [0, 0.05) is 19.4 Å². The average molecular weight is 857 g/mol. The molecule has 0 N–H and O–H groups in total. The minimum Gasteiger partial charge on any atom is -0.462 e. The molecule has 0 aromatic heterocycles. The van der Waals surface area contributed by atoms with Gasteiger partial charge in [-0.15, -0.1) is 0 Å². The van der Waals surface area contributed by atoms with E-state index >= 15 is 0 Å². The van der Waals surface area contributed by atoms with Gasteiger partial charge in [0.05, 0.1) is 6.61 Å². The molecule has 350 valence electrons. The van der Waals surface area contributed by atoms with Crippen molar-refractivity contribution >= 4 is 11.9 Å². The zero-order valence-electron chi connectivity index (χ0n) is 40.1. The Balaban J connectivity index is 4.43. The maximum atomic E-state index is 12.8. The second kappa shape index (κ2) is 51.6. The molecule has 62 heavy (non-hydrogen) atoms. The Kier molecular flexibility index (Phi) is 48.6. The second-order valence-corrected chi connectivity index (χ2v) is 15.9. The molecule has 0 heterocycles. The molecule has 1 unspecified atom stereocenters. The molecule has 0 aliphatic rings. The third kappa shape index (κ3) is 49.0. The molecule has 0 radical (unpaired) electrons. The van der Waals surface area contributed by atoms with Gasteiger partial charge in [-0.3, -0.25) is 9.59 Å². The van der Waals surface area contributed by atoms with Crippen LogP contribution in [0.4, 0.5) is 0 Å². The van der Waals surface area contributed by atoms with Gasteiger partial charge in [-0.05, 0) is 116 Å². The fourth-order valence-electron chi connectivity index (χ4n) is 6.30. The molecule has 0 fully saturated rings. The van der Waals surface area contributed by atoms with Crippen molar-refractivity contribution in [2.75, 3.05) is 19.8 Å². The molecule has 1 atom stereocenters. The van der Waals surface area contributed by atoms with E-state index in [1.165, 1.54) is 44.9 Å². The van der Waals surface area contributed by atoms with E-state index in [0.29, 0.717) is 19.4 Å². The Morgan fingerprint density at radius 2 is 0.742 bits per heavy atom. The number of rotatable bonds is 44. The lowest BCUT2D eigenvalue weighted by molar-refractivity contribution is -0.163. The van der Waals surface area contributed by atoms with E-state index in [0.717, 1.165) is 122 Å². The molecule has 0 aromatic carbocycles. The van der Waals surface area contributed by atoms with E-state index in [9.17, 15) is 9.59 Å². The molecular formula is C57H92O5. The van der Waals surface area contributed by atoms with Crippen LogP contribution in [0.2, 0.25) is 0 Å². The van der Waals surface area contributed by atoms with Crippen LogP contribution >= 0.6 is 0 Å². The standard InChI is InChI=1S/C57H92O5/c1-4-7-10-13-16-19-22-25-27-29-30-33-35-38-41-44-47-50-56(58)61-54-55(62-57(59)51-48-45-42-39-36-32-24-21-18-15-12-9-6-3)53-60-52-49-46-43-40-37-34-31-28-26-23-20-17-14-11-8-5-2/h7-8,10-12,15-17,19-21,24-28,30,33,38,41,55H,4-6,9,13-14,18,22-23,29,31-32,34-37,39-40,42-54H2,1-3H3/b10-7-,11-8-,15-12-,19-16-,20-17-,24-21-,27-25-,28-26-,33-30-,41-38-. The van der Waals surface area contributed by atoms with Crippen LogP contribution in [-0.2, 0) is 23.8 Å². The summed E-state index contributed by atoms with van der Waals surface area (Å²) in [5.74, 6) is -0.498. The minimum atomic E-state index is -0.581. The quantitative estimate of drug-likeness (QED) is 0.0347. The van der Waals surface area contributed by atoms with Crippen LogP contribution in [0.3, 0.4) is 0 Å². The number of carbonyl (C=O) groups is 2. The first-order valence-corrected chi connectivity index (χ1v) is 25.1. The number of esters is 2. The number of unbranched alkanes of at least 4 members (excludes halogenated alkanes) is 13. The zero-order valence-corrected chi connectivity index (χ0v) is 40.1. The third-order valence-corrected chi connectivity index (χ3v) is 9.94. The first-order chi connectivity index (χ1) is 30.6. The van der Waals surface area contributed by atoms with Gasteiger partial charge >= 0.3 is 11.9 Å². The van der Waals surface area contributed by atoms with E-state index in [4.69, 9.17) is 14.2 Å². The van der Waals surface area contributed by atoms with Crippen LogP contribution in [-0.4, -0.2) is 37.9 Å². The molecule has 0 amide bonds. The monoisotopic (exact) mass is 857 g/mol. The average Bonchev–Trinajstić information content (AvgIpc) is 3.27. The second-order valence-electron chi connectivity index (χ2n) is 15.9. The predicted octanol–water partition coefficient (Wildman–Crippen LogP) is 17.0. The molecule has 0 aromatic rings. The number of allylic oxidation sites excluding steroid dienone is 20. The Morgan fingerprint density at radius 1 is 0.371 bits per heavy atom. The smallest absolute Gasteiger partial charge is 0.306 e. The summed E-state index contributed by atoms with van der Waals surface area (Å²) in [6, 6.07) is 0.